The van der Waals surface area contributed by atoms with Gasteiger partial charge in [-0.3, -0.25) is 9.59 Å². The number of nitrogens with zero attached hydrogens (tertiary/aromatic N) is 1. The van der Waals surface area contributed by atoms with E-state index in [0.29, 0.717) is 12.2 Å². The van der Waals surface area contributed by atoms with Crippen LogP contribution in [0.1, 0.15) is 72.1 Å². The van der Waals surface area contributed by atoms with Crippen LogP contribution in [0.25, 0.3) is 0 Å². The minimum atomic E-state index is -0.151. The number of anilines is 1. The molecule has 1 atom stereocenters. The first-order chi connectivity index (χ1) is 19.3. The van der Waals surface area contributed by atoms with Crippen molar-refractivity contribution >= 4 is 17.5 Å². The number of hydrogen-bond acceptors (Lipinski definition) is 4. The van der Waals surface area contributed by atoms with Crippen molar-refractivity contribution in [2.24, 2.45) is 5.92 Å². The van der Waals surface area contributed by atoms with Crippen LogP contribution in [-0.2, 0) is 17.8 Å². The lowest BCUT2D eigenvalue weighted by atomic mass is 9.84. The second kappa shape index (κ2) is 12.2. The van der Waals surface area contributed by atoms with E-state index in [0.717, 1.165) is 54.7 Å². The first kappa shape index (κ1) is 27.8. The van der Waals surface area contributed by atoms with Gasteiger partial charge in [0.05, 0.1) is 0 Å². The Morgan fingerprint density at radius 3 is 2.20 bits per heavy atom. The Labute approximate surface area is 238 Å². The second-order valence-electron chi connectivity index (χ2n) is 11.7. The first-order valence-electron chi connectivity index (χ1n) is 14.5. The van der Waals surface area contributed by atoms with Crippen molar-refractivity contribution in [1.82, 2.24) is 10.6 Å². The number of hydrogen-bond donors (Lipinski definition) is 2. The fourth-order valence-electron chi connectivity index (χ4n) is 5.90. The normalized spacial score (nSPS) is 20.2. The minimum absolute atomic E-state index is 0.0468. The number of benzene rings is 3. The molecule has 1 heterocycles. The van der Waals surface area contributed by atoms with Crippen LogP contribution in [0, 0.1) is 19.8 Å². The highest BCUT2D eigenvalue weighted by atomic mass is 16.5. The fraction of sp³-hybridized carbons (Fsp3) is 0.412. The molecular formula is C34H41N3O3. The van der Waals surface area contributed by atoms with Gasteiger partial charge in [-0.15, -0.1) is 0 Å². The zero-order valence-corrected chi connectivity index (χ0v) is 24.1. The molecule has 2 aliphatic rings. The molecule has 1 unspecified atom stereocenters. The van der Waals surface area contributed by atoms with E-state index in [9.17, 15) is 9.59 Å². The molecule has 0 aromatic heterocycles. The maximum atomic E-state index is 13.3. The van der Waals surface area contributed by atoms with Gasteiger partial charge in [0, 0.05) is 41.7 Å². The van der Waals surface area contributed by atoms with Crippen LogP contribution in [0.4, 0.5) is 5.69 Å². The molecule has 0 bridgehead atoms. The van der Waals surface area contributed by atoms with E-state index >= 15 is 0 Å². The lowest BCUT2D eigenvalue weighted by Crippen LogP contribution is -2.52. The molecule has 5 rings (SSSR count). The molecule has 1 aliphatic carbocycles. The molecule has 40 heavy (non-hydrogen) atoms. The maximum absolute atomic E-state index is 13.3. The van der Waals surface area contributed by atoms with Crippen LogP contribution in [0.3, 0.4) is 0 Å². The third-order valence-electron chi connectivity index (χ3n) is 8.11. The average Bonchev–Trinajstić information content (AvgIpc) is 3.29. The zero-order valence-electron chi connectivity index (χ0n) is 24.1. The summed E-state index contributed by atoms with van der Waals surface area (Å²) in [5.41, 5.74) is 6.47. The van der Waals surface area contributed by atoms with Gasteiger partial charge < -0.3 is 20.3 Å². The van der Waals surface area contributed by atoms with Gasteiger partial charge in [-0.25, -0.2) is 0 Å². The molecule has 3 aromatic rings. The lowest BCUT2D eigenvalue weighted by Gasteiger charge is -2.40. The molecule has 0 spiro atoms. The smallest absolute Gasteiger partial charge is 0.252 e. The molecule has 1 saturated carbocycles. The number of fused-ring (bicyclic) bond motifs is 1. The largest absolute Gasteiger partial charge is 0.489 e. The van der Waals surface area contributed by atoms with E-state index < -0.39 is 0 Å². The van der Waals surface area contributed by atoms with Crippen LogP contribution in [0.2, 0.25) is 0 Å². The van der Waals surface area contributed by atoms with Gasteiger partial charge in [0.25, 0.3) is 5.91 Å². The zero-order chi connectivity index (χ0) is 28.2. The van der Waals surface area contributed by atoms with E-state index in [1.165, 1.54) is 11.1 Å². The number of carbonyl (C=O) groups is 2. The van der Waals surface area contributed by atoms with E-state index in [1.54, 1.807) is 0 Å². The van der Waals surface area contributed by atoms with Crippen molar-refractivity contribution in [3.05, 3.63) is 94.5 Å². The van der Waals surface area contributed by atoms with Crippen molar-refractivity contribution in [2.45, 2.75) is 84.7 Å². The Bertz CT molecular complexity index is 1330. The highest BCUT2D eigenvalue weighted by Gasteiger charge is 2.38. The standard InChI is InChI=1S/C34H41N3O3/c1-22(2)35-33(38)27-13-16-29(17-14-27)37-31-20-30(40-21-25-9-5-23(3)6-10-25)18-15-28(31)19-32(37)36-34(39)26-11-7-24(4)8-12-26/h5-12,15,18,20,22,27,29,32H,13-14,16-17,19,21H2,1-4H3,(H,35,38)(H,36,39). The third-order valence-corrected chi connectivity index (χ3v) is 8.11. The van der Waals surface area contributed by atoms with E-state index in [4.69, 9.17) is 4.74 Å². The van der Waals surface area contributed by atoms with E-state index in [-0.39, 0.29) is 36.0 Å². The van der Waals surface area contributed by atoms with Crippen molar-refractivity contribution in [3.8, 4) is 5.75 Å². The average molecular weight is 540 g/mol. The third kappa shape index (κ3) is 6.49. The summed E-state index contributed by atoms with van der Waals surface area (Å²) in [6.07, 6.45) is 4.08. The van der Waals surface area contributed by atoms with Gasteiger partial charge in [0.1, 0.15) is 18.5 Å². The summed E-state index contributed by atoms with van der Waals surface area (Å²) in [6, 6.07) is 22.8. The highest BCUT2D eigenvalue weighted by Crippen LogP contribution is 2.40. The molecule has 2 N–H and O–H groups in total. The Balaban J connectivity index is 1.35. The van der Waals surface area contributed by atoms with Crippen LogP contribution in [-0.4, -0.2) is 30.1 Å². The van der Waals surface area contributed by atoms with Gasteiger partial charge in [0.2, 0.25) is 5.91 Å². The molecule has 2 amide bonds. The summed E-state index contributed by atoms with van der Waals surface area (Å²) in [7, 11) is 0. The minimum Gasteiger partial charge on any atom is -0.489 e. The lowest BCUT2D eigenvalue weighted by molar-refractivity contribution is -0.126. The second-order valence-corrected chi connectivity index (χ2v) is 11.7. The molecule has 6 heteroatoms. The quantitative estimate of drug-likeness (QED) is 0.364. The number of aryl methyl sites for hydroxylation is 2. The molecular weight excluding hydrogens is 498 g/mol. The van der Waals surface area contributed by atoms with E-state index in [2.05, 4.69) is 58.9 Å². The van der Waals surface area contributed by atoms with Gasteiger partial charge in [-0.1, -0.05) is 53.6 Å². The monoisotopic (exact) mass is 539 g/mol. The van der Waals surface area contributed by atoms with Gasteiger partial charge in [-0.05, 0) is 82.7 Å². The van der Waals surface area contributed by atoms with Crippen molar-refractivity contribution < 1.29 is 14.3 Å². The molecule has 0 radical (unpaired) electrons. The van der Waals surface area contributed by atoms with E-state index in [1.807, 2.05) is 51.1 Å². The molecule has 3 aromatic carbocycles. The van der Waals surface area contributed by atoms with Crippen molar-refractivity contribution in [3.63, 3.8) is 0 Å². The Hall–Kier alpha value is -3.80. The highest BCUT2D eigenvalue weighted by molar-refractivity contribution is 5.94. The predicted molar refractivity (Wildman–Crippen MR) is 160 cm³/mol. The summed E-state index contributed by atoms with van der Waals surface area (Å²) in [5.74, 6) is 0.959. The number of amides is 2. The fourth-order valence-corrected chi connectivity index (χ4v) is 5.90. The summed E-state index contributed by atoms with van der Waals surface area (Å²) in [5, 5.41) is 6.40. The number of nitrogens with one attached hydrogen (secondary N) is 2. The Kier molecular flexibility index (Phi) is 8.43. The summed E-state index contributed by atoms with van der Waals surface area (Å²) < 4.78 is 6.21. The van der Waals surface area contributed by atoms with Crippen molar-refractivity contribution in [2.75, 3.05) is 4.90 Å². The summed E-state index contributed by atoms with van der Waals surface area (Å²) in [4.78, 5) is 28.3. The Morgan fingerprint density at radius 1 is 0.900 bits per heavy atom. The predicted octanol–water partition coefficient (Wildman–Crippen LogP) is 6.08. The first-order valence-corrected chi connectivity index (χ1v) is 14.5. The maximum Gasteiger partial charge on any atom is 0.252 e. The van der Waals surface area contributed by atoms with Crippen LogP contribution in [0.5, 0.6) is 5.75 Å². The topological polar surface area (TPSA) is 70.7 Å². The number of carbonyl (C=O) groups excluding carboxylic acids is 2. The van der Waals surface area contributed by atoms with Gasteiger partial charge in [-0.2, -0.15) is 0 Å². The molecule has 1 aliphatic heterocycles. The Morgan fingerprint density at radius 2 is 1.55 bits per heavy atom. The van der Waals surface area contributed by atoms with Crippen LogP contribution >= 0.6 is 0 Å². The SMILES string of the molecule is Cc1ccc(COc2ccc3c(c2)N(C2CCC(C(=O)NC(C)C)CC2)C(NC(=O)c2ccc(C)cc2)C3)cc1. The number of ether oxygens (including phenoxy) is 1. The summed E-state index contributed by atoms with van der Waals surface area (Å²) in [6.45, 7) is 8.61. The van der Waals surface area contributed by atoms with Crippen molar-refractivity contribution in [1.29, 1.82) is 0 Å². The molecule has 1 fully saturated rings. The van der Waals surface area contributed by atoms with Crippen LogP contribution < -0.4 is 20.3 Å². The molecule has 0 saturated heterocycles. The molecule has 210 valence electrons. The molecule has 6 nitrogen and oxygen atoms in total. The van der Waals surface area contributed by atoms with Gasteiger partial charge >= 0.3 is 0 Å². The van der Waals surface area contributed by atoms with Crippen LogP contribution in [0.15, 0.2) is 66.7 Å². The summed E-state index contributed by atoms with van der Waals surface area (Å²) >= 11 is 0. The van der Waals surface area contributed by atoms with Gasteiger partial charge in [0.15, 0.2) is 0 Å². The number of rotatable bonds is 8.